The molecule has 0 spiro atoms. The Bertz CT molecular complexity index is 844. The minimum absolute atomic E-state index is 0.109. The number of methoxy groups -OCH3 is 1. The van der Waals surface area contributed by atoms with Gasteiger partial charge in [-0.3, -0.25) is 5.32 Å². The summed E-state index contributed by atoms with van der Waals surface area (Å²) in [6.07, 6.45) is 1.98. The third-order valence-electron chi connectivity index (χ3n) is 4.68. The lowest BCUT2D eigenvalue weighted by Gasteiger charge is -2.29. The molecule has 2 aromatic rings. The second-order valence-electron chi connectivity index (χ2n) is 6.82. The molecule has 2 aromatic carbocycles. The molecule has 7 nitrogen and oxygen atoms in total. The molecule has 1 fully saturated rings. The molecule has 1 aliphatic rings. The number of amides is 3. The number of carbonyl (C=O) groups excluding carboxylic acids is 2. The first kappa shape index (κ1) is 20.4. The van der Waals surface area contributed by atoms with Crippen LogP contribution in [0.5, 0.6) is 5.75 Å². The molecule has 1 aliphatic carbocycles. The van der Waals surface area contributed by atoms with E-state index in [2.05, 4.69) is 16.0 Å². The lowest BCUT2D eigenvalue weighted by atomic mass is 9.93. The Hall–Kier alpha value is -3.29. The van der Waals surface area contributed by atoms with E-state index in [9.17, 15) is 14.0 Å². The predicted octanol–water partition coefficient (Wildman–Crippen LogP) is 4.52. The Balaban J connectivity index is 1.47. The summed E-state index contributed by atoms with van der Waals surface area (Å²) in [5.41, 5.74) is 1.04. The summed E-state index contributed by atoms with van der Waals surface area (Å²) < 4.78 is 23.6. The first-order valence-electron chi connectivity index (χ1n) is 9.47. The van der Waals surface area contributed by atoms with E-state index in [1.807, 2.05) is 12.1 Å². The van der Waals surface area contributed by atoms with Gasteiger partial charge in [0.25, 0.3) is 0 Å². The van der Waals surface area contributed by atoms with Crippen molar-refractivity contribution in [3.8, 4) is 5.75 Å². The summed E-state index contributed by atoms with van der Waals surface area (Å²) in [5, 5.41) is 8.27. The molecule has 154 valence electrons. The van der Waals surface area contributed by atoms with Crippen LogP contribution in [0.3, 0.4) is 0 Å². The number of benzene rings is 2. The van der Waals surface area contributed by atoms with Crippen LogP contribution in [-0.2, 0) is 4.74 Å². The van der Waals surface area contributed by atoms with E-state index in [1.54, 1.807) is 19.2 Å². The number of carbonyl (C=O) groups is 2. The third-order valence-corrected chi connectivity index (χ3v) is 4.68. The lowest BCUT2D eigenvalue weighted by molar-refractivity contribution is 0.0779. The van der Waals surface area contributed by atoms with Gasteiger partial charge in [-0.25, -0.2) is 14.0 Å². The van der Waals surface area contributed by atoms with Gasteiger partial charge in [-0.15, -0.1) is 0 Å². The van der Waals surface area contributed by atoms with Crippen molar-refractivity contribution in [1.82, 2.24) is 5.32 Å². The molecule has 2 atom stereocenters. The van der Waals surface area contributed by atoms with Crippen molar-refractivity contribution in [2.24, 2.45) is 0 Å². The number of urea groups is 1. The second kappa shape index (κ2) is 9.77. The molecule has 3 amide bonds. The number of halogens is 1. The van der Waals surface area contributed by atoms with Crippen molar-refractivity contribution in [3.05, 3.63) is 54.3 Å². The van der Waals surface area contributed by atoms with Crippen molar-refractivity contribution in [2.75, 3.05) is 17.7 Å². The highest BCUT2D eigenvalue weighted by atomic mass is 19.1. The van der Waals surface area contributed by atoms with Gasteiger partial charge < -0.3 is 20.1 Å². The fraction of sp³-hybridized carbons (Fsp3) is 0.333. The minimum Gasteiger partial charge on any atom is -0.495 e. The van der Waals surface area contributed by atoms with E-state index >= 15 is 0 Å². The summed E-state index contributed by atoms with van der Waals surface area (Å²) in [6, 6.07) is 12.1. The molecule has 0 aliphatic heterocycles. The number of hydrogen-bond donors (Lipinski definition) is 3. The van der Waals surface area contributed by atoms with Crippen LogP contribution in [-0.4, -0.2) is 31.4 Å². The van der Waals surface area contributed by atoms with Crippen molar-refractivity contribution < 1.29 is 23.5 Å². The van der Waals surface area contributed by atoms with Gasteiger partial charge in [0.15, 0.2) is 0 Å². The van der Waals surface area contributed by atoms with Crippen LogP contribution in [0.4, 0.5) is 25.4 Å². The summed E-state index contributed by atoms with van der Waals surface area (Å²) >= 11 is 0. The Morgan fingerprint density at radius 2 is 1.79 bits per heavy atom. The molecule has 0 saturated heterocycles. The molecule has 0 radical (unpaired) electrons. The van der Waals surface area contributed by atoms with E-state index < -0.39 is 6.09 Å². The molecule has 3 rings (SSSR count). The van der Waals surface area contributed by atoms with Crippen molar-refractivity contribution >= 4 is 23.5 Å². The molecular weight excluding hydrogens is 377 g/mol. The topological polar surface area (TPSA) is 88.7 Å². The fourth-order valence-electron chi connectivity index (χ4n) is 3.31. The second-order valence-corrected chi connectivity index (χ2v) is 6.82. The average Bonchev–Trinajstić information content (AvgIpc) is 2.70. The van der Waals surface area contributed by atoms with Gasteiger partial charge in [0.2, 0.25) is 0 Å². The maximum atomic E-state index is 12.9. The number of ether oxygens (including phenoxy) is 2. The zero-order chi connectivity index (χ0) is 20.6. The zero-order valence-corrected chi connectivity index (χ0v) is 16.1. The van der Waals surface area contributed by atoms with E-state index in [0.717, 1.165) is 19.3 Å². The maximum Gasteiger partial charge on any atom is 0.411 e. The summed E-state index contributed by atoms with van der Waals surface area (Å²) in [5.74, 6) is 0.196. The summed E-state index contributed by atoms with van der Waals surface area (Å²) in [6.45, 7) is 0. The molecule has 2 unspecified atom stereocenters. The van der Waals surface area contributed by atoms with Crippen molar-refractivity contribution in [1.29, 1.82) is 0 Å². The van der Waals surface area contributed by atoms with Crippen molar-refractivity contribution in [2.45, 2.75) is 37.8 Å². The smallest absolute Gasteiger partial charge is 0.411 e. The molecule has 8 heteroatoms. The molecule has 3 N–H and O–H groups in total. The van der Waals surface area contributed by atoms with E-state index in [1.165, 1.54) is 24.3 Å². The number of rotatable bonds is 5. The molecular formula is C21H24FN3O4. The van der Waals surface area contributed by atoms with Crippen LogP contribution < -0.4 is 20.7 Å². The van der Waals surface area contributed by atoms with Gasteiger partial charge in [0.05, 0.1) is 12.8 Å². The molecule has 0 aromatic heterocycles. The van der Waals surface area contributed by atoms with E-state index in [0.29, 0.717) is 23.5 Å². The fourth-order valence-corrected chi connectivity index (χ4v) is 3.31. The molecule has 0 bridgehead atoms. The van der Waals surface area contributed by atoms with Crippen LogP contribution in [0.1, 0.15) is 25.7 Å². The standard InChI is InChI=1S/C21H24FN3O4/c1-28-19-8-3-2-7-18(19)25-20(26)23-16-5-4-6-17(13-16)29-21(27)24-15-11-9-14(22)10-12-15/h2-3,7-12,16-17H,4-6,13H2,1H3,(H,24,27)(H2,23,25,26). The summed E-state index contributed by atoms with van der Waals surface area (Å²) in [4.78, 5) is 24.4. The Morgan fingerprint density at radius 1 is 1.03 bits per heavy atom. The minimum atomic E-state index is -0.597. The van der Waals surface area contributed by atoms with Crippen molar-refractivity contribution in [3.63, 3.8) is 0 Å². The Morgan fingerprint density at radius 3 is 2.55 bits per heavy atom. The number of nitrogens with one attached hydrogen (secondary N) is 3. The third kappa shape index (κ3) is 6.10. The average molecular weight is 401 g/mol. The first-order chi connectivity index (χ1) is 14.0. The monoisotopic (exact) mass is 401 g/mol. The molecule has 0 heterocycles. The van der Waals surface area contributed by atoms with Crippen LogP contribution in [0.25, 0.3) is 0 Å². The highest BCUT2D eigenvalue weighted by Crippen LogP contribution is 2.24. The maximum absolute atomic E-state index is 12.9. The molecule has 1 saturated carbocycles. The molecule has 29 heavy (non-hydrogen) atoms. The first-order valence-corrected chi connectivity index (χ1v) is 9.47. The van der Waals surface area contributed by atoms with Gasteiger partial charge in [0, 0.05) is 18.2 Å². The largest absolute Gasteiger partial charge is 0.495 e. The van der Waals surface area contributed by atoms with E-state index in [4.69, 9.17) is 9.47 Å². The van der Waals surface area contributed by atoms with Gasteiger partial charge in [-0.05, 0) is 55.7 Å². The number of para-hydroxylation sites is 2. The SMILES string of the molecule is COc1ccccc1NC(=O)NC1CCCC(OC(=O)Nc2ccc(F)cc2)C1. The Kier molecular flexibility index (Phi) is 6.89. The highest BCUT2D eigenvalue weighted by Gasteiger charge is 2.26. The number of hydrogen-bond acceptors (Lipinski definition) is 4. The number of anilines is 2. The highest BCUT2D eigenvalue weighted by molar-refractivity contribution is 5.91. The Labute approximate surface area is 168 Å². The van der Waals surface area contributed by atoms with E-state index in [-0.39, 0.29) is 24.0 Å². The van der Waals surface area contributed by atoms with Crippen LogP contribution >= 0.6 is 0 Å². The lowest BCUT2D eigenvalue weighted by Crippen LogP contribution is -2.43. The van der Waals surface area contributed by atoms with Gasteiger partial charge in [-0.2, -0.15) is 0 Å². The normalized spacial score (nSPS) is 18.4. The predicted molar refractivity (Wildman–Crippen MR) is 108 cm³/mol. The van der Waals surface area contributed by atoms with Gasteiger partial charge in [-0.1, -0.05) is 12.1 Å². The zero-order valence-electron chi connectivity index (χ0n) is 16.1. The van der Waals surface area contributed by atoms with Gasteiger partial charge >= 0.3 is 12.1 Å². The van der Waals surface area contributed by atoms with Crippen LogP contribution in [0.15, 0.2) is 48.5 Å². The quantitative estimate of drug-likeness (QED) is 0.687. The van der Waals surface area contributed by atoms with Gasteiger partial charge in [0.1, 0.15) is 17.7 Å². The summed E-state index contributed by atoms with van der Waals surface area (Å²) in [7, 11) is 1.54. The van der Waals surface area contributed by atoms with Crippen LogP contribution in [0, 0.1) is 5.82 Å². The van der Waals surface area contributed by atoms with Crippen LogP contribution in [0.2, 0.25) is 0 Å².